The van der Waals surface area contributed by atoms with Crippen LogP contribution in [-0.2, 0) is 0 Å². The van der Waals surface area contributed by atoms with Crippen molar-refractivity contribution in [1.29, 1.82) is 0 Å². The van der Waals surface area contributed by atoms with Gasteiger partial charge in [0.25, 0.3) is 0 Å². The Kier molecular flexibility index (Phi) is 7.90. The molecule has 0 aliphatic carbocycles. The second kappa shape index (κ2) is 8.54. The van der Waals surface area contributed by atoms with Crippen LogP contribution in [0.2, 0.25) is 0 Å². The lowest BCUT2D eigenvalue weighted by Crippen LogP contribution is -2.31. The monoisotopic (exact) mass is 194 g/mol. The fourth-order valence-corrected chi connectivity index (χ4v) is 1.36. The summed E-state index contributed by atoms with van der Waals surface area (Å²) in [5, 5.41) is 0. The summed E-state index contributed by atoms with van der Waals surface area (Å²) in [7, 11) is 1.83. The van der Waals surface area contributed by atoms with Crippen molar-refractivity contribution < 1.29 is 0 Å². The average molecular weight is 194 g/mol. The van der Waals surface area contributed by atoms with Crippen LogP contribution in [0.4, 0.5) is 0 Å². The first-order valence-corrected chi connectivity index (χ1v) is 5.30. The van der Waals surface area contributed by atoms with Crippen molar-refractivity contribution in [2.24, 2.45) is 4.99 Å². The van der Waals surface area contributed by atoms with E-state index >= 15 is 0 Å². The topological polar surface area (TPSA) is 15.6 Å². The van der Waals surface area contributed by atoms with Crippen LogP contribution >= 0.6 is 0 Å². The van der Waals surface area contributed by atoms with Crippen LogP contribution in [0.5, 0.6) is 0 Å². The molecule has 0 amide bonds. The Morgan fingerprint density at radius 2 is 1.86 bits per heavy atom. The summed E-state index contributed by atoms with van der Waals surface area (Å²) >= 11 is 0. The van der Waals surface area contributed by atoms with Crippen LogP contribution in [0.15, 0.2) is 29.8 Å². The van der Waals surface area contributed by atoms with E-state index in [1.54, 1.807) is 6.08 Å². The fourth-order valence-electron chi connectivity index (χ4n) is 1.36. The first kappa shape index (κ1) is 12.9. The van der Waals surface area contributed by atoms with Gasteiger partial charge < -0.3 is 4.90 Å². The van der Waals surface area contributed by atoms with Gasteiger partial charge in [0.05, 0.1) is 0 Å². The molecule has 0 aromatic carbocycles. The van der Waals surface area contributed by atoms with E-state index in [2.05, 4.69) is 30.3 Å². The molecule has 14 heavy (non-hydrogen) atoms. The van der Waals surface area contributed by atoms with E-state index in [9.17, 15) is 0 Å². The summed E-state index contributed by atoms with van der Waals surface area (Å²) < 4.78 is 0. The summed E-state index contributed by atoms with van der Waals surface area (Å²) in [6, 6.07) is 0. The average Bonchev–Trinajstić information content (AvgIpc) is 2.19. The Hall–Kier alpha value is -1.05. The van der Waals surface area contributed by atoms with Crippen molar-refractivity contribution in [2.75, 3.05) is 20.1 Å². The SMILES string of the molecule is C=C/C=C\C(=NC)N(CCC)CCC. The first-order valence-electron chi connectivity index (χ1n) is 5.30. The molecule has 0 aromatic heterocycles. The third-order valence-corrected chi connectivity index (χ3v) is 1.92. The van der Waals surface area contributed by atoms with Crippen LogP contribution < -0.4 is 0 Å². The molecule has 2 nitrogen and oxygen atoms in total. The van der Waals surface area contributed by atoms with Crippen molar-refractivity contribution in [1.82, 2.24) is 4.90 Å². The maximum Gasteiger partial charge on any atom is 0.123 e. The summed E-state index contributed by atoms with van der Waals surface area (Å²) in [5.41, 5.74) is 0. The molecule has 0 saturated carbocycles. The van der Waals surface area contributed by atoms with Gasteiger partial charge in [-0.2, -0.15) is 0 Å². The Morgan fingerprint density at radius 1 is 1.29 bits per heavy atom. The molecule has 0 aromatic rings. The molecule has 0 saturated heterocycles. The van der Waals surface area contributed by atoms with Gasteiger partial charge in [-0.1, -0.05) is 32.6 Å². The Bertz CT molecular complexity index is 198. The summed E-state index contributed by atoms with van der Waals surface area (Å²) in [6.45, 7) is 10.2. The van der Waals surface area contributed by atoms with E-state index in [0.717, 1.165) is 31.8 Å². The number of rotatable bonds is 6. The van der Waals surface area contributed by atoms with Gasteiger partial charge >= 0.3 is 0 Å². The number of hydrogen-bond acceptors (Lipinski definition) is 1. The van der Waals surface area contributed by atoms with Gasteiger partial charge in [-0.25, -0.2) is 0 Å². The third kappa shape index (κ3) is 4.85. The fraction of sp³-hybridized carbons (Fsp3) is 0.583. The van der Waals surface area contributed by atoms with Gasteiger partial charge in [0.15, 0.2) is 0 Å². The normalized spacial score (nSPS) is 12.1. The summed E-state index contributed by atoms with van der Waals surface area (Å²) in [6.07, 6.45) is 8.03. The molecule has 0 heterocycles. The highest BCUT2D eigenvalue weighted by molar-refractivity contribution is 5.93. The van der Waals surface area contributed by atoms with E-state index in [1.165, 1.54) is 0 Å². The molecular formula is C12H22N2. The maximum absolute atomic E-state index is 4.27. The van der Waals surface area contributed by atoms with Crippen LogP contribution in [0.1, 0.15) is 26.7 Å². The standard InChI is InChI=1S/C12H22N2/c1-5-8-9-12(13-4)14(10-6-2)11-7-3/h5,8-9H,1,6-7,10-11H2,2-4H3/b9-8-,13-12?. The molecule has 0 rings (SSSR count). The highest BCUT2D eigenvalue weighted by Gasteiger charge is 2.04. The second-order valence-corrected chi connectivity index (χ2v) is 3.16. The first-order chi connectivity index (χ1) is 6.79. The van der Waals surface area contributed by atoms with Gasteiger partial charge in [0.2, 0.25) is 0 Å². The van der Waals surface area contributed by atoms with Crippen LogP contribution in [0.3, 0.4) is 0 Å². The van der Waals surface area contributed by atoms with E-state index in [0.29, 0.717) is 0 Å². The van der Waals surface area contributed by atoms with E-state index in [1.807, 2.05) is 19.2 Å². The molecule has 0 spiro atoms. The van der Waals surface area contributed by atoms with Gasteiger partial charge in [0, 0.05) is 20.1 Å². The second-order valence-electron chi connectivity index (χ2n) is 3.16. The van der Waals surface area contributed by atoms with Crippen LogP contribution in [0.25, 0.3) is 0 Å². The van der Waals surface area contributed by atoms with Gasteiger partial charge in [0.1, 0.15) is 5.84 Å². The lowest BCUT2D eigenvalue weighted by molar-refractivity contribution is 0.418. The summed E-state index contributed by atoms with van der Waals surface area (Å²) in [4.78, 5) is 6.58. The highest BCUT2D eigenvalue weighted by Crippen LogP contribution is 1.98. The molecule has 0 bridgehead atoms. The minimum Gasteiger partial charge on any atom is -0.357 e. The van der Waals surface area contributed by atoms with Gasteiger partial charge in [-0.05, 0) is 18.9 Å². The molecule has 0 N–H and O–H groups in total. The van der Waals surface area contributed by atoms with E-state index in [-0.39, 0.29) is 0 Å². The van der Waals surface area contributed by atoms with Crippen molar-refractivity contribution in [3.63, 3.8) is 0 Å². The predicted octanol–water partition coefficient (Wildman–Crippen LogP) is 2.88. The Labute approximate surface area is 88.0 Å². The number of allylic oxidation sites excluding steroid dienone is 2. The lowest BCUT2D eigenvalue weighted by Gasteiger charge is -2.23. The summed E-state index contributed by atoms with van der Waals surface area (Å²) in [5.74, 6) is 1.05. The quantitative estimate of drug-likeness (QED) is 0.360. The largest absolute Gasteiger partial charge is 0.357 e. The molecule has 0 aliphatic rings. The van der Waals surface area contributed by atoms with Crippen molar-refractivity contribution in [3.05, 3.63) is 24.8 Å². The van der Waals surface area contributed by atoms with Gasteiger partial charge in [-0.3, -0.25) is 4.99 Å². The Morgan fingerprint density at radius 3 is 2.21 bits per heavy atom. The third-order valence-electron chi connectivity index (χ3n) is 1.92. The maximum atomic E-state index is 4.27. The zero-order chi connectivity index (χ0) is 10.8. The van der Waals surface area contributed by atoms with E-state index in [4.69, 9.17) is 0 Å². The predicted molar refractivity (Wildman–Crippen MR) is 64.9 cm³/mol. The highest BCUT2D eigenvalue weighted by atomic mass is 15.2. The van der Waals surface area contributed by atoms with Crippen molar-refractivity contribution in [3.8, 4) is 0 Å². The smallest absolute Gasteiger partial charge is 0.123 e. The van der Waals surface area contributed by atoms with E-state index < -0.39 is 0 Å². The number of amidine groups is 1. The lowest BCUT2D eigenvalue weighted by atomic mass is 10.3. The molecule has 2 heteroatoms. The molecule has 80 valence electrons. The molecule has 0 fully saturated rings. The minimum atomic E-state index is 1.05. The minimum absolute atomic E-state index is 1.05. The van der Waals surface area contributed by atoms with Crippen molar-refractivity contribution in [2.45, 2.75) is 26.7 Å². The van der Waals surface area contributed by atoms with Crippen LogP contribution in [0, 0.1) is 0 Å². The number of hydrogen-bond donors (Lipinski definition) is 0. The Balaban J connectivity index is 4.41. The molecule has 0 radical (unpaired) electrons. The van der Waals surface area contributed by atoms with Crippen molar-refractivity contribution >= 4 is 5.84 Å². The molecule has 0 atom stereocenters. The molecule has 0 unspecified atom stereocenters. The molecule has 0 aliphatic heterocycles. The zero-order valence-electron chi connectivity index (χ0n) is 9.66. The number of aliphatic imine (C=N–C) groups is 1. The number of nitrogens with zero attached hydrogens (tertiary/aromatic N) is 2. The zero-order valence-corrected chi connectivity index (χ0v) is 9.66. The van der Waals surface area contributed by atoms with Crippen LogP contribution in [-0.4, -0.2) is 30.9 Å². The van der Waals surface area contributed by atoms with Gasteiger partial charge in [-0.15, -0.1) is 0 Å². The molecular weight excluding hydrogens is 172 g/mol.